The molecular formula is C26H33N3O3. The van der Waals surface area contributed by atoms with Gasteiger partial charge < -0.3 is 14.5 Å². The van der Waals surface area contributed by atoms with Gasteiger partial charge in [0.15, 0.2) is 0 Å². The van der Waals surface area contributed by atoms with Gasteiger partial charge in [-0.25, -0.2) is 4.98 Å². The molecule has 6 heteroatoms. The topological polar surface area (TPSA) is 62.7 Å². The first kappa shape index (κ1) is 22.3. The number of likely N-dealkylation sites (tertiary alicyclic amines) is 2. The summed E-state index contributed by atoms with van der Waals surface area (Å²) in [5.41, 5.74) is 1.49. The number of aromatic nitrogens is 1. The SMILES string of the molecule is COc1ccc(C(=O)N2CCC3(CC2)CC(Cc2ccccc2)N(CC(C)C)C3=O)cn1. The van der Waals surface area contributed by atoms with Gasteiger partial charge in [0, 0.05) is 37.9 Å². The van der Waals surface area contributed by atoms with Crippen LogP contribution in [0.1, 0.15) is 49.0 Å². The number of hydrogen-bond donors (Lipinski definition) is 0. The molecule has 2 aliphatic rings. The van der Waals surface area contributed by atoms with E-state index in [0.717, 1.165) is 32.2 Å². The van der Waals surface area contributed by atoms with Crippen LogP contribution in [0.25, 0.3) is 0 Å². The molecule has 0 aliphatic carbocycles. The Morgan fingerprint density at radius 1 is 1.16 bits per heavy atom. The van der Waals surface area contributed by atoms with Crippen molar-refractivity contribution in [3.8, 4) is 5.88 Å². The molecule has 1 atom stereocenters. The summed E-state index contributed by atoms with van der Waals surface area (Å²) >= 11 is 0. The fourth-order valence-electron chi connectivity index (χ4n) is 5.18. The quantitative estimate of drug-likeness (QED) is 0.692. The highest BCUT2D eigenvalue weighted by molar-refractivity contribution is 5.94. The standard InChI is InChI=1S/C26H33N3O3/c1-19(2)18-29-22(15-20-7-5-4-6-8-20)16-26(25(29)31)11-13-28(14-12-26)24(30)21-9-10-23(32-3)27-17-21/h4-10,17,19,22H,11-16,18H2,1-3H3. The number of hydrogen-bond acceptors (Lipinski definition) is 4. The maximum Gasteiger partial charge on any atom is 0.255 e. The number of carbonyl (C=O) groups excluding carboxylic acids is 2. The van der Waals surface area contributed by atoms with Gasteiger partial charge in [-0.15, -0.1) is 0 Å². The van der Waals surface area contributed by atoms with Crippen LogP contribution in [0.2, 0.25) is 0 Å². The molecule has 1 aromatic heterocycles. The van der Waals surface area contributed by atoms with E-state index in [1.54, 1.807) is 25.4 Å². The van der Waals surface area contributed by atoms with Crippen molar-refractivity contribution in [2.24, 2.45) is 11.3 Å². The Morgan fingerprint density at radius 3 is 2.47 bits per heavy atom. The number of benzene rings is 1. The second-order valence-electron chi connectivity index (χ2n) is 9.56. The molecule has 0 radical (unpaired) electrons. The monoisotopic (exact) mass is 435 g/mol. The molecule has 0 N–H and O–H groups in total. The lowest BCUT2D eigenvalue weighted by Gasteiger charge is -2.38. The predicted molar refractivity (Wildman–Crippen MR) is 123 cm³/mol. The van der Waals surface area contributed by atoms with Gasteiger partial charge in [0.25, 0.3) is 5.91 Å². The zero-order chi connectivity index (χ0) is 22.7. The summed E-state index contributed by atoms with van der Waals surface area (Å²) in [6, 6.07) is 14.1. The summed E-state index contributed by atoms with van der Waals surface area (Å²) in [6.45, 7) is 6.33. The predicted octanol–water partition coefficient (Wildman–Crippen LogP) is 3.81. The molecular weight excluding hydrogens is 402 g/mol. The molecule has 0 saturated carbocycles. The molecule has 1 aromatic carbocycles. The third kappa shape index (κ3) is 4.50. The van der Waals surface area contributed by atoms with Crippen molar-refractivity contribution in [2.75, 3.05) is 26.7 Å². The molecule has 2 fully saturated rings. The number of pyridine rings is 1. The van der Waals surface area contributed by atoms with Crippen LogP contribution < -0.4 is 4.74 Å². The van der Waals surface area contributed by atoms with Crippen molar-refractivity contribution in [1.82, 2.24) is 14.8 Å². The second-order valence-corrected chi connectivity index (χ2v) is 9.56. The highest BCUT2D eigenvalue weighted by Gasteiger charge is 2.52. The van der Waals surface area contributed by atoms with Gasteiger partial charge in [0.2, 0.25) is 11.8 Å². The van der Waals surface area contributed by atoms with Crippen molar-refractivity contribution in [2.45, 2.75) is 45.6 Å². The van der Waals surface area contributed by atoms with Gasteiger partial charge in [-0.3, -0.25) is 9.59 Å². The van der Waals surface area contributed by atoms with Crippen molar-refractivity contribution >= 4 is 11.8 Å². The van der Waals surface area contributed by atoms with E-state index in [4.69, 9.17) is 4.74 Å². The molecule has 2 amide bonds. The van der Waals surface area contributed by atoms with E-state index in [1.807, 2.05) is 11.0 Å². The smallest absolute Gasteiger partial charge is 0.255 e. The number of piperidine rings is 1. The largest absolute Gasteiger partial charge is 0.481 e. The van der Waals surface area contributed by atoms with E-state index in [1.165, 1.54) is 5.56 Å². The summed E-state index contributed by atoms with van der Waals surface area (Å²) < 4.78 is 5.08. The van der Waals surface area contributed by atoms with E-state index in [2.05, 4.69) is 48.0 Å². The zero-order valence-corrected chi connectivity index (χ0v) is 19.3. The van der Waals surface area contributed by atoms with Crippen LogP contribution in [-0.2, 0) is 11.2 Å². The van der Waals surface area contributed by atoms with Crippen molar-refractivity contribution < 1.29 is 14.3 Å². The molecule has 32 heavy (non-hydrogen) atoms. The normalized spacial score (nSPS) is 20.2. The van der Waals surface area contributed by atoms with Gasteiger partial charge in [-0.2, -0.15) is 0 Å². The van der Waals surface area contributed by atoms with Gasteiger partial charge in [-0.05, 0) is 43.2 Å². The van der Waals surface area contributed by atoms with E-state index in [0.29, 0.717) is 30.5 Å². The Kier molecular flexibility index (Phi) is 6.49. The van der Waals surface area contributed by atoms with E-state index < -0.39 is 0 Å². The molecule has 170 valence electrons. The third-order valence-electron chi connectivity index (χ3n) is 6.86. The third-order valence-corrected chi connectivity index (χ3v) is 6.86. The fraction of sp³-hybridized carbons (Fsp3) is 0.500. The van der Waals surface area contributed by atoms with Crippen molar-refractivity contribution in [3.63, 3.8) is 0 Å². The second kappa shape index (κ2) is 9.31. The number of amides is 2. The van der Waals surface area contributed by atoms with Gasteiger partial charge in [0.05, 0.1) is 18.1 Å². The average molecular weight is 436 g/mol. The summed E-state index contributed by atoms with van der Waals surface area (Å²) in [7, 11) is 1.56. The lowest BCUT2D eigenvalue weighted by Crippen LogP contribution is -2.47. The van der Waals surface area contributed by atoms with Crippen molar-refractivity contribution in [1.29, 1.82) is 0 Å². The molecule has 3 heterocycles. The maximum absolute atomic E-state index is 13.6. The molecule has 1 spiro atoms. The minimum atomic E-state index is -0.344. The highest BCUT2D eigenvalue weighted by atomic mass is 16.5. The van der Waals surface area contributed by atoms with Gasteiger partial charge >= 0.3 is 0 Å². The molecule has 2 saturated heterocycles. The van der Waals surface area contributed by atoms with Crippen LogP contribution in [0.3, 0.4) is 0 Å². The van der Waals surface area contributed by atoms with Gasteiger partial charge in [-0.1, -0.05) is 44.2 Å². The Balaban J connectivity index is 1.46. The number of carbonyl (C=O) groups is 2. The summed E-state index contributed by atoms with van der Waals surface area (Å²) in [5, 5.41) is 0. The molecule has 6 nitrogen and oxygen atoms in total. The Morgan fingerprint density at radius 2 is 1.88 bits per heavy atom. The molecule has 2 aliphatic heterocycles. The summed E-state index contributed by atoms with van der Waals surface area (Å²) in [6.07, 6.45) is 4.77. The first-order valence-electron chi connectivity index (χ1n) is 11.6. The summed E-state index contributed by atoms with van der Waals surface area (Å²) in [4.78, 5) is 34.7. The highest BCUT2D eigenvalue weighted by Crippen LogP contribution is 2.45. The zero-order valence-electron chi connectivity index (χ0n) is 19.3. The lowest BCUT2D eigenvalue weighted by molar-refractivity contribution is -0.139. The first-order chi connectivity index (χ1) is 15.4. The van der Waals surface area contributed by atoms with Gasteiger partial charge in [0.1, 0.15) is 0 Å². The minimum Gasteiger partial charge on any atom is -0.481 e. The van der Waals surface area contributed by atoms with Crippen LogP contribution in [0.4, 0.5) is 0 Å². The fourth-order valence-corrected chi connectivity index (χ4v) is 5.18. The van der Waals surface area contributed by atoms with Crippen molar-refractivity contribution in [3.05, 3.63) is 59.8 Å². The van der Waals surface area contributed by atoms with Crippen LogP contribution in [-0.4, -0.2) is 59.4 Å². The van der Waals surface area contributed by atoms with E-state index in [9.17, 15) is 9.59 Å². The molecule has 2 aromatic rings. The maximum atomic E-state index is 13.6. The van der Waals surface area contributed by atoms with E-state index >= 15 is 0 Å². The summed E-state index contributed by atoms with van der Waals surface area (Å²) in [5.74, 6) is 1.17. The molecule has 1 unspecified atom stereocenters. The number of rotatable bonds is 6. The van der Waals surface area contributed by atoms with Crippen LogP contribution in [0.5, 0.6) is 5.88 Å². The Hall–Kier alpha value is -2.89. The lowest BCUT2D eigenvalue weighted by atomic mass is 9.75. The number of nitrogens with zero attached hydrogens (tertiary/aromatic N) is 3. The Labute approximate surface area is 190 Å². The number of methoxy groups -OCH3 is 1. The average Bonchev–Trinajstić information content (AvgIpc) is 3.05. The molecule has 4 rings (SSSR count). The van der Waals surface area contributed by atoms with Crippen LogP contribution in [0.15, 0.2) is 48.7 Å². The number of ether oxygens (including phenoxy) is 1. The minimum absolute atomic E-state index is 0.0275. The first-order valence-corrected chi connectivity index (χ1v) is 11.6. The van der Waals surface area contributed by atoms with Crippen LogP contribution in [0, 0.1) is 11.3 Å². The molecule has 0 bridgehead atoms. The Bertz CT molecular complexity index is 935. The van der Waals surface area contributed by atoms with E-state index in [-0.39, 0.29) is 23.3 Å². The van der Waals surface area contributed by atoms with Crippen LogP contribution >= 0.6 is 0 Å².